The second kappa shape index (κ2) is 14.1. The molecule has 0 heterocycles. The standard InChI is InChI=1S/C26H35N3O4/c1-2-3-4-5-6-13-18-21(24(27)31)28-26(33)23(30)22(19-14-9-7-10-15-19)29-25(32)20-16-11-8-12-17-20/h7-12,14-17,21-23,30H,2-6,13,18H2,1H3,(H2,27,31)(H,28,33)(H,29,32)/t21-,22+,23-/m1/s1. The molecule has 0 aliphatic heterocycles. The number of aliphatic hydroxyl groups excluding tert-OH is 1. The molecule has 3 atom stereocenters. The second-order valence-electron chi connectivity index (χ2n) is 8.19. The van der Waals surface area contributed by atoms with Gasteiger partial charge in [0.15, 0.2) is 6.10 Å². The highest BCUT2D eigenvalue weighted by molar-refractivity contribution is 5.95. The Morgan fingerprint density at radius 3 is 2.03 bits per heavy atom. The Hall–Kier alpha value is -3.19. The molecule has 178 valence electrons. The van der Waals surface area contributed by atoms with E-state index in [0.29, 0.717) is 17.5 Å². The molecule has 0 radical (unpaired) electrons. The van der Waals surface area contributed by atoms with Crippen molar-refractivity contribution in [3.05, 3.63) is 71.8 Å². The Labute approximate surface area is 195 Å². The molecular formula is C26H35N3O4. The van der Waals surface area contributed by atoms with Crippen LogP contribution in [0.3, 0.4) is 0 Å². The number of carbonyl (C=O) groups excluding carboxylic acids is 3. The van der Waals surface area contributed by atoms with Gasteiger partial charge in [-0.2, -0.15) is 0 Å². The number of hydrogen-bond donors (Lipinski definition) is 4. The number of aliphatic hydroxyl groups is 1. The summed E-state index contributed by atoms with van der Waals surface area (Å²) in [5.74, 6) is -1.82. The summed E-state index contributed by atoms with van der Waals surface area (Å²) in [4.78, 5) is 37.4. The summed E-state index contributed by atoms with van der Waals surface area (Å²) in [7, 11) is 0. The van der Waals surface area contributed by atoms with Crippen molar-refractivity contribution in [2.75, 3.05) is 0 Å². The normalized spacial score (nSPS) is 13.5. The Balaban J connectivity index is 2.05. The zero-order chi connectivity index (χ0) is 24.1. The first-order chi connectivity index (χ1) is 15.9. The minimum atomic E-state index is -1.61. The maximum Gasteiger partial charge on any atom is 0.252 e. The lowest BCUT2D eigenvalue weighted by molar-refractivity contribution is -0.134. The molecule has 3 amide bonds. The van der Waals surface area contributed by atoms with Crippen molar-refractivity contribution in [3.8, 4) is 0 Å². The van der Waals surface area contributed by atoms with E-state index >= 15 is 0 Å². The van der Waals surface area contributed by atoms with Gasteiger partial charge < -0.3 is 21.5 Å². The van der Waals surface area contributed by atoms with Gasteiger partial charge in [0.1, 0.15) is 6.04 Å². The van der Waals surface area contributed by atoms with Gasteiger partial charge >= 0.3 is 0 Å². The predicted octanol–water partition coefficient (Wildman–Crippen LogP) is 3.24. The van der Waals surface area contributed by atoms with Crippen LogP contribution < -0.4 is 16.4 Å². The zero-order valence-electron chi connectivity index (χ0n) is 19.2. The third kappa shape index (κ3) is 8.69. The van der Waals surface area contributed by atoms with Gasteiger partial charge in [-0.3, -0.25) is 14.4 Å². The molecule has 0 aliphatic carbocycles. The summed E-state index contributed by atoms with van der Waals surface area (Å²) in [6.07, 6.45) is 5.04. The van der Waals surface area contributed by atoms with Crippen molar-refractivity contribution in [2.45, 2.75) is 70.1 Å². The first-order valence-corrected chi connectivity index (χ1v) is 11.6. The SMILES string of the molecule is CCCCCCCC[C@@H](NC(=O)[C@H](O)[C@@H](NC(=O)c1ccccc1)c1ccccc1)C(N)=O. The summed E-state index contributed by atoms with van der Waals surface area (Å²) < 4.78 is 0. The van der Waals surface area contributed by atoms with Gasteiger partial charge in [-0.15, -0.1) is 0 Å². The number of rotatable bonds is 14. The maximum absolute atomic E-state index is 12.8. The molecule has 0 bridgehead atoms. The van der Waals surface area contributed by atoms with E-state index in [9.17, 15) is 19.5 Å². The van der Waals surface area contributed by atoms with Crippen LogP contribution in [0.5, 0.6) is 0 Å². The Morgan fingerprint density at radius 1 is 0.848 bits per heavy atom. The highest BCUT2D eigenvalue weighted by Gasteiger charge is 2.31. The van der Waals surface area contributed by atoms with Crippen LogP contribution in [0.2, 0.25) is 0 Å². The van der Waals surface area contributed by atoms with Crippen LogP contribution in [0.15, 0.2) is 60.7 Å². The molecule has 0 saturated heterocycles. The third-order valence-electron chi connectivity index (χ3n) is 5.57. The van der Waals surface area contributed by atoms with Crippen molar-refractivity contribution in [1.29, 1.82) is 0 Å². The van der Waals surface area contributed by atoms with Crippen molar-refractivity contribution >= 4 is 17.7 Å². The number of primary amides is 1. The van der Waals surface area contributed by atoms with Gasteiger partial charge in [-0.25, -0.2) is 0 Å². The molecule has 2 aromatic rings. The van der Waals surface area contributed by atoms with Crippen LogP contribution in [0.1, 0.15) is 73.8 Å². The zero-order valence-corrected chi connectivity index (χ0v) is 19.2. The molecule has 0 aliphatic rings. The number of carbonyl (C=O) groups is 3. The fourth-order valence-corrected chi connectivity index (χ4v) is 3.64. The molecule has 2 aromatic carbocycles. The third-order valence-corrected chi connectivity index (χ3v) is 5.57. The number of hydrogen-bond acceptors (Lipinski definition) is 4. The first-order valence-electron chi connectivity index (χ1n) is 11.6. The summed E-state index contributed by atoms with van der Waals surface area (Å²) in [5.41, 5.74) is 6.46. The highest BCUT2D eigenvalue weighted by Crippen LogP contribution is 2.19. The first kappa shape index (κ1) is 26.1. The van der Waals surface area contributed by atoms with E-state index in [1.165, 1.54) is 6.42 Å². The number of unbranched alkanes of at least 4 members (excludes halogenated alkanes) is 5. The van der Waals surface area contributed by atoms with E-state index in [4.69, 9.17) is 5.73 Å². The van der Waals surface area contributed by atoms with E-state index in [0.717, 1.165) is 32.1 Å². The molecule has 33 heavy (non-hydrogen) atoms. The summed E-state index contributed by atoms with van der Waals surface area (Å²) >= 11 is 0. The van der Waals surface area contributed by atoms with Gasteiger partial charge in [0.2, 0.25) is 5.91 Å². The molecule has 2 rings (SSSR count). The van der Waals surface area contributed by atoms with Crippen LogP contribution >= 0.6 is 0 Å². The summed E-state index contributed by atoms with van der Waals surface area (Å²) in [6, 6.07) is 15.4. The van der Waals surface area contributed by atoms with Gasteiger partial charge in [0.05, 0.1) is 6.04 Å². The van der Waals surface area contributed by atoms with Crippen LogP contribution in [0, 0.1) is 0 Å². The smallest absolute Gasteiger partial charge is 0.252 e. The van der Waals surface area contributed by atoms with Crippen molar-refractivity contribution in [1.82, 2.24) is 10.6 Å². The average molecular weight is 454 g/mol. The van der Waals surface area contributed by atoms with Crippen LogP contribution in [0.4, 0.5) is 0 Å². The lowest BCUT2D eigenvalue weighted by Crippen LogP contribution is -2.51. The molecule has 0 fully saturated rings. The largest absolute Gasteiger partial charge is 0.381 e. The van der Waals surface area contributed by atoms with Crippen LogP contribution in [-0.2, 0) is 9.59 Å². The molecule has 0 unspecified atom stereocenters. The topological polar surface area (TPSA) is 122 Å². The Kier molecular flexibility index (Phi) is 11.1. The lowest BCUT2D eigenvalue weighted by atomic mass is 9.99. The van der Waals surface area contributed by atoms with Crippen LogP contribution in [-0.4, -0.2) is 35.0 Å². The Bertz CT molecular complexity index is 874. The van der Waals surface area contributed by atoms with Crippen molar-refractivity contribution in [2.24, 2.45) is 5.73 Å². The fraction of sp³-hybridized carbons (Fsp3) is 0.423. The van der Waals surface area contributed by atoms with Crippen molar-refractivity contribution < 1.29 is 19.5 Å². The van der Waals surface area contributed by atoms with E-state index < -0.39 is 35.9 Å². The van der Waals surface area contributed by atoms with Crippen molar-refractivity contribution in [3.63, 3.8) is 0 Å². The fourth-order valence-electron chi connectivity index (χ4n) is 3.64. The molecule has 7 nitrogen and oxygen atoms in total. The molecular weight excluding hydrogens is 418 g/mol. The van der Waals surface area contributed by atoms with E-state index in [1.54, 1.807) is 60.7 Å². The molecule has 0 spiro atoms. The van der Waals surface area contributed by atoms with E-state index in [-0.39, 0.29) is 0 Å². The van der Waals surface area contributed by atoms with Gasteiger partial charge in [-0.05, 0) is 24.1 Å². The summed E-state index contributed by atoms with van der Waals surface area (Å²) in [5, 5.41) is 16.2. The second-order valence-corrected chi connectivity index (χ2v) is 8.19. The summed E-state index contributed by atoms with van der Waals surface area (Å²) in [6.45, 7) is 2.15. The van der Waals surface area contributed by atoms with Crippen LogP contribution in [0.25, 0.3) is 0 Å². The maximum atomic E-state index is 12.8. The number of benzene rings is 2. The minimum Gasteiger partial charge on any atom is -0.381 e. The average Bonchev–Trinajstić information content (AvgIpc) is 2.84. The van der Waals surface area contributed by atoms with Gasteiger partial charge in [0.25, 0.3) is 11.8 Å². The molecule has 0 aromatic heterocycles. The van der Waals surface area contributed by atoms with E-state index in [1.807, 2.05) is 0 Å². The van der Waals surface area contributed by atoms with E-state index in [2.05, 4.69) is 17.6 Å². The highest BCUT2D eigenvalue weighted by atomic mass is 16.3. The lowest BCUT2D eigenvalue weighted by Gasteiger charge is -2.26. The molecule has 5 N–H and O–H groups in total. The number of nitrogens with one attached hydrogen (secondary N) is 2. The molecule has 7 heteroatoms. The quantitative estimate of drug-likeness (QED) is 0.328. The predicted molar refractivity (Wildman–Crippen MR) is 128 cm³/mol. The van der Waals surface area contributed by atoms with Gasteiger partial charge in [-0.1, -0.05) is 94.0 Å². The minimum absolute atomic E-state index is 0.407. The number of nitrogens with two attached hydrogens (primary N) is 1. The monoisotopic (exact) mass is 453 g/mol. The number of amides is 3. The van der Waals surface area contributed by atoms with Gasteiger partial charge in [0, 0.05) is 5.56 Å². The Morgan fingerprint density at radius 2 is 1.42 bits per heavy atom. The molecule has 0 saturated carbocycles.